The van der Waals surface area contributed by atoms with E-state index < -0.39 is 0 Å². The molecule has 0 aromatic rings. The molecule has 100 valence electrons. The second-order valence-electron chi connectivity index (χ2n) is 5.49. The van der Waals surface area contributed by atoms with Gasteiger partial charge in [-0.15, -0.1) is 0 Å². The van der Waals surface area contributed by atoms with E-state index in [1.165, 1.54) is 0 Å². The summed E-state index contributed by atoms with van der Waals surface area (Å²) in [6.07, 6.45) is 3.43. The van der Waals surface area contributed by atoms with Crippen molar-refractivity contribution in [2.75, 3.05) is 6.54 Å². The fourth-order valence-electron chi connectivity index (χ4n) is 2.58. The van der Waals surface area contributed by atoms with Crippen LogP contribution >= 0.6 is 0 Å². The normalized spacial score (nSPS) is 25.4. The van der Waals surface area contributed by atoms with E-state index in [2.05, 4.69) is 44.8 Å². The first-order valence-corrected chi connectivity index (χ1v) is 7.11. The zero-order chi connectivity index (χ0) is 13.0. The van der Waals surface area contributed by atoms with Crippen LogP contribution in [0.15, 0.2) is 0 Å². The number of nitrogens with zero attached hydrogens (tertiary/aromatic N) is 1. The molecule has 17 heavy (non-hydrogen) atoms. The molecule has 0 saturated carbocycles. The van der Waals surface area contributed by atoms with Crippen LogP contribution in [-0.2, 0) is 4.79 Å². The van der Waals surface area contributed by atoms with Crippen LogP contribution < -0.4 is 5.32 Å². The van der Waals surface area contributed by atoms with E-state index in [1.54, 1.807) is 0 Å². The van der Waals surface area contributed by atoms with Gasteiger partial charge in [-0.2, -0.15) is 0 Å². The molecular weight excluding hydrogens is 212 g/mol. The Bertz CT molecular complexity index is 249. The lowest BCUT2D eigenvalue weighted by Crippen LogP contribution is -2.43. The number of hydrogen-bond donors (Lipinski definition) is 1. The van der Waals surface area contributed by atoms with Crippen LogP contribution in [0.25, 0.3) is 0 Å². The minimum Gasteiger partial charge on any atom is -0.325 e. The monoisotopic (exact) mass is 240 g/mol. The minimum atomic E-state index is 0.0387. The van der Waals surface area contributed by atoms with Crippen LogP contribution in [0, 0.1) is 11.8 Å². The Morgan fingerprint density at radius 3 is 2.24 bits per heavy atom. The smallest absolute Gasteiger partial charge is 0.241 e. The van der Waals surface area contributed by atoms with Gasteiger partial charge in [0.1, 0.15) is 0 Å². The van der Waals surface area contributed by atoms with Crippen LogP contribution in [0.2, 0.25) is 0 Å². The van der Waals surface area contributed by atoms with Crippen LogP contribution in [0.5, 0.6) is 0 Å². The van der Waals surface area contributed by atoms with Gasteiger partial charge in [0.15, 0.2) is 0 Å². The first-order chi connectivity index (χ1) is 8.04. The largest absolute Gasteiger partial charge is 0.325 e. The Balaban J connectivity index is 2.74. The van der Waals surface area contributed by atoms with Gasteiger partial charge in [-0.1, -0.05) is 47.5 Å². The van der Waals surface area contributed by atoms with Gasteiger partial charge in [-0.25, -0.2) is 0 Å². The van der Waals surface area contributed by atoms with Gasteiger partial charge in [0.2, 0.25) is 5.91 Å². The Morgan fingerprint density at radius 2 is 1.82 bits per heavy atom. The molecule has 0 bridgehead atoms. The molecule has 1 N–H and O–H groups in total. The first kappa shape index (κ1) is 14.5. The van der Waals surface area contributed by atoms with Gasteiger partial charge in [0, 0.05) is 6.54 Å². The third kappa shape index (κ3) is 3.21. The minimum absolute atomic E-state index is 0.0387. The van der Waals surface area contributed by atoms with Crippen molar-refractivity contribution in [2.24, 2.45) is 11.8 Å². The van der Waals surface area contributed by atoms with E-state index in [0.717, 1.165) is 25.8 Å². The van der Waals surface area contributed by atoms with Gasteiger partial charge in [0.25, 0.3) is 0 Å². The van der Waals surface area contributed by atoms with Crippen molar-refractivity contribution >= 4 is 5.91 Å². The van der Waals surface area contributed by atoms with Crippen LogP contribution in [0.3, 0.4) is 0 Å². The van der Waals surface area contributed by atoms with E-state index >= 15 is 0 Å². The highest BCUT2D eigenvalue weighted by atomic mass is 16.2. The highest BCUT2D eigenvalue weighted by Gasteiger charge is 2.39. The Labute approximate surface area is 106 Å². The summed E-state index contributed by atoms with van der Waals surface area (Å²) in [7, 11) is 0. The molecule has 1 saturated heterocycles. The fourth-order valence-corrected chi connectivity index (χ4v) is 2.58. The molecule has 0 radical (unpaired) electrons. The number of carbonyl (C=O) groups excluding carboxylic acids is 1. The molecule has 3 nitrogen and oxygen atoms in total. The van der Waals surface area contributed by atoms with Crippen LogP contribution in [0.1, 0.15) is 53.9 Å². The molecule has 3 heteroatoms. The fraction of sp³-hybridized carbons (Fsp3) is 0.929. The maximum atomic E-state index is 12.3. The average Bonchev–Trinajstić information content (AvgIpc) is 2.63. The van der Waals surface area contributed by atoms with Gasteiger partial charge >= 0.3 is 0 Å². The predicted molar refractivity (Wildman–Crippen MR) is 71.6 cm³/mol. The second-order valence-corrected chi connectivity index (χ2v) is 5.49. The molecule has 0 aliphatic carbocycles. The van der Waals surface area contributed by atoms with Gasteiger partial charge in [-0.3, -0.25) is 10.1 Å². The molecule has 2 unspecified atom stereocenters. The van der Waals surface area contributed by atoms with Crippen molar-refractivity contribution in [3.63, 3.8) is 0 Å². The summed E-state index contributed by atoms with van der Waals surface area (Å²) in [5, 5.41) is 3.47. The van der Waals surface area contributed by atoms with E-state index in [4.69, 9.17) is 0 Å². The van der Waals surface area contributed by atoms with Crippen molar-refractivity contribution in [3.05, 3.63) is 0 Å². The topological polar surface area (TPSA) is 32.3 Å². The Kier molecular flexibility index (Phi) is 5.44. The predicted octanol–water partition coefficient (Wildman–Crippen LogP) is 2.62. The van der Waals surface area contributed by atoms with E-state index in [9.17, 15) is 4.79 Å². The molecule has 0 spiro atoms. The van der Waals surface area contributed by atoms with Crippen LogP contribution in [0.4, 0.5) is 0 Å². The third-order valence-corrected chi connectivity index (χ3v) is 3.94. The lowest BCUT2D eigenvalue weighted by molar-refractivity contribution is -0.131. The molecule has 0 aromatic carbocycles. The second kappa shape index (κ2) is 6.39. The molecule has 1 heterocycles. The highest BCUT2D eigenvalue weighted by molar-refractivity contribution is 5.84. The lowest BCUT2D eigenvalue weighted by atomic mass is 10.0. The summed E-state index contributed by atoms with van der Waals surface area (Å²) in [5.74, 6) is 1.42. The molecule has 1 fully saturated rings. The standard InChI is InChI=1S/C14H28N2O/c1-6-11(7-2)9-16-13(10(4)5)15-12(8-3)14(16)17/h10-13,15H,6-9H2,1-5H3. The average molecular weight is 240 g/mol. The first-order valence-electron chi connectivity index (χ1n) is 7.11. The van der Waals surface area contributed by atoms with Gasteiger partial charge in [0.05, 0.1) is 12.2 Å². The van der Waals surface area contributed by atoms with Crippen molar-refractivity contribution < 1.29 is 4.79 Å². The summed E-state index contributed by atoms with van der Waals surface area (Å²) in [4.78, 5) is 14.4. The van der Waals surface area contributed by atoms with Crippen molar-refractivity contribution in [1.82, 2.24) is 10.2 Å². The van der Waals surface area contributed by atoms with Crippen LogP contribution in [-0.4, -0.2) is 29.6 Å². The molecule has 0 aromatic heterocycles. The Hall–Kier alpha value is -0.570. The van der Waals surface area contributed by atoms with Crippen molar-refractivity contribution in [1.29, 1.82) is 0 Å². The third-order valence-electron chi connectivity index (χ3n) is 3.94. The zero-order valence-electron chi connectivity index (χ0n) is 12.0. The molecule has 1 amide bonds. The van der Waals surface area contributed by atoms with Gasteiger partial charge in [-0.05, 0) is 18.3 Å². The maximum absolute atomic E-state index is 12.3. The summed E-state index contributed by atoms with van der Waals surface area (Å²) in [5.41, 5.74) is 0. The maximum Gasteiger partial charge on any atom is 0.241 e. The van der Waals surface area contributed by atoms with E-state index in [1.807, 2.05) is 0 Å². The summed E-state index contributed by atoms with van der Waals surface area (Å²) in [6.45, 7) is 11.8. The summed E-state index contributed by atoms with van der Waals surface area (Å²) < 4.78 is 0. The molecule has 1 aliphatic rings. The van der Waals surface area contributed by atoms with Crippen molar-refractivity contribution in [2.45, 2.75) is 66.1 Å². The zero-order valence-corrected chi connectivity index (χ0v) is 12.0. The molecular formula is C14H28N2O. The molecule has 2 atom stereocenters. The van der Waals surface area contributed by atoms with Crippen molar-refractivity contribution in [3.8, 4) is 0 Å². The number of amides is 1. The Morgan fingerprint density at radius 1 is 1.24 bits per heavy atom. The lowest BCUT2D eigenvalue weighted by Gasteiger charge is -2.30. The van der Waals surface area contributed by atoms with E-state index in [-0.39, 0.29) is 12.2 Å². The highest BCUT2D eigenvalue weighted by Crippen LogP contribution is 2.22. The summed E-state index contributed by atoms with van der Waals surface area (Å²) >= 11 is 0. The molecule has 1 aliphatic heterocycles. The number of nitrogens with one attached hydrogen (secondary N) is 1. The number of carbonyl (C=O) groups is 1. The number of hydrogen-bond acceptors (Lipinski definition) is 2. The molecule has 1 rings (SSSR count). The number of rotatable bonds is 6. The van der Waals surface area contributed by atoms with E-state index in [0.29, 0.717) is 17.7 Å². The quantitative estimate of drug-likeness (QED) is 0.774. The SMILES string of the molecule is CCC(CC)CN1C(=O)C(CC)NC1C(C)C. The summed E-state index contributed by atoms with van der Waals surface area (Å²) in [6, 6.07) is 0.0387. The van der Waals surface area contributed by atoms with Gasteiger partial charge < -0.3 is 4.90 Å².